The van der Waals surface area contributed by atoms with Gasteiger partial charge in [0.1, 0.15) is 36.4 Å². The van der Waals surface area contributed by atoms with Crippen molar-refractivity contribution in [2.75, 3.05) is 32.8 Å². The number of ether oxygens (including phenoxy) is 5. The second-order valence-electron chi connectivity index (χ2n) is 22.0. The van der Waals surface area contributed by atoms with E-state index in [2.05, 4.69) is 49.5 Å². The lowest BCUT2D eigenvalue weighted by atomic mass is 9.85. The molecule has 1 aromatic heterocycles. The van der Waals surface area contributed by atoms with Crippen LogP contribution in [0.2, 0.25) is 18.1 Å². The molecule has 5 aromatic carbocycles. The number of nitrogens with one attached hydrogen (secondary N) is 3. The molecule has 75 heavy (non-hydrogen) atoms. The van der Waals surface area contributed by atoms with Crippen LogP contribution in [-0.4, -0.2) is 86.0 Å². The molecule has 0 radical (unpaired) electrons. The van der Waals surface area contributed by atoms with Gasteiger partial charge in [-0.2, -0.15) is 0 Å². The van der Waals surface area contributed by atoms with Gasteiger partial charge in [-0.25, -0.2) is 14.4 Å². The first-order valence-corrected chi connectivity index (χ1v) is 28.5. The number of nitrogens with zero attached hydrogens (tertiary/aromatic N) is 1. The summed E-state index contributed by atoms with van der Waals surface area (Å²) in [7, 11) is -2.26. The predicted octanol–water partition coefficient (Wildman–Crippen LogP) is 10.7. The number of phenolic OH excluding ortho intramolecular Hbond substituents is 1. The minimum Gasteiger partial charge on any atom is -0.506 e. The maximum Gasteiger partial charge on any atom is 0.410 e. The molecule has 2 saturated heterocycles. The van der Waals surface area contributed by atoms with E-state index in [0.717, 1.165) is 38.8 Å². The number of H-pyrrole nitrogens is 1. The van der Waals surface area contributed by atoms with E-state index in [0.29, 0.717) is 56.2 Å². The number of esters is 1. The summed E-state index contributed by atoms with van der Waals surface area (Å²) in [5.41, 5.74) is 5.08. The van der Waals surface area contributed by atoms with Crippen molar-refractivity contribution >= 4 is 37.4 Å². The molecule has 0 spiro atoms. The van der Waals surface area contributed by atoms with E-state index >= 15 is 0 Å². The van der Waals surface area contributed by atoms with Crippen molar-refractivity contribution in [3.63, 3.8) is 0 Å². The Morgan fingerprint density at radius 2 is 1.48 bits per heavy atom. The topological polar surface area (TPSA) is 187 Å². The molecule has 4 atom stereocenters. The van der Waals surface area contributed by atoms with Gasteiger partial charge in [0, 0.05) is 49.5 Å². The van der Waals surface area contributed by atoms with Crippen molar-refractivity contribution < 1.29 is 47.6 Å². The Morgan fingerprint density at radius 3 is 2.19 bits per heavy atom. The van der Waals surface area contributed by atoms with Gasteiger partial charge < -0.3 is 53.7 Å². The van der Waals surface area contributed by atoms with E-state index in [1.807, 2.05) is 118 Å². The Kier molecular flexibility index (Phi) is 16.8. The summed E-state index contributed by atoms with van der Waals surface area (Å²) in [6.45, 7) is 19.3. The van der Waals surface area contributed by atoms with Crippen LogP contribution in [0.1, 0.15) is 97.4 Å². The molecule has 2 amide bonds. The fraction of sp³-hybridized carbons (Fsp3) is 0.390. The molecule has 8 rings (SSSR count). The highest BCUT2D eigenvalue weighted by atomic mass is 28.4. The number of amides is 2. The Morgan fingerprint density at radius 1 is 0.787 bits per heavy atom. The van der Waals surface area contributed by atoms with Gasteiger partial charge in [0.2, 0.25) is 5.56 Å². The monoisotopic (exact) mass is 1040 g/mol. The summed E-state index contributed by atoms with van der Waals surface area (Å²) >= 11 is 0. The number of carbonyl (C=O) groups excluding carboxylic acids is 3. The number of aromatic hydroxyl groups is 1. The number of aromatic nitrogens is 1. The first-order chi connectivity index (χ1) is 35.7. The van der Waals surface area contributed by atoms with E-state index in [1.54, 1.807) is 29.2 Å². The summed E-state index contributed by atoms with van der Waals surface area (Å²) in [6, 6.07) is 38.3. The Balaban J connectivity index is 0.843. The van der Waals surface area contributed by atoms with E-state index in [-0.39, 0.29) is 53.6 Å². The first kappa shape index (κ1) is 54.3. The van der Waals surface area contributed by atoms with Crippen LogP contribution in [0.3, 0.4) is 0 Å². The number of likely N-dealkylation sites (tertiary alicyclic amines) is 1. The third kappa shape index (κ3) is 14.0. The van der Waals surface area contributed by atoms with Crippen LogP contribution < -0.4 is 20.9 Å². The molecular formula is C59H70N4O11Si. The molecule has 3 unspecified atom stereocenters. The van der Waals surface area contributed by atoms with E-state index in [4.69, 9.17) is 28.1 Å². The Labute approximate surface area is 440 Å². The average Bonchev–Trinajstić information content (AvgIpc) is 3.36. The molecule has 2 fully saturated rings. The van der Waals surface area contributed by atoms with Crippen molar-refractivity contribution in [2.45, 2.75) is 103 Å². The molecule has 16 heteroatoms. The van der Waals surface area contributed by atoms with Gasteiger partial charge in [-0.3, -0.25) is 4.79 Å². The highest BCUT2D eigenvalue weighted by molar-refractivity contribution is 6.74. The molecule has 15 nitrogen and oxygen atoms in total. The smallest absolute Gasteiger partial charge is 0.410 e. The van der Waals surface area contributed by atoms with Crippen LogP contribution in [0, 0.1) is 11.8 Å². The molecule has 0 aliphatic carbocycles. The Hall–Kier alpha value is -6.98. The molecular weight excluding hydrogens is 969 g/mol. The molecule has 2 bridgehead atoms. The van der Waals surface area contributed by atoms with Crippen LogP contribution >= 0.6 is 0 Å². The summed E-state index contributed by atoms with van der Waals surface area (Å²) in [5, 5.41) is 17.9. The second-order valence-corrected chi connectivity index (χ2v) is 26.8. The first-order valence-electron chi connectivity index (χ1n) is 25.6. The fourth-order valence-corrected chi connectivity index (χ4v) is 10.5. The minimum absolute atomic E-state index is 0.00210. The molecule has 6 aromatic rings. The van der Waals surface area contributed by atoms with Crippen molar-refractivity contribution in [3.8, 4) is 11.5 Å². The SMILES string of the molecule is CC(C)(C)OC(=O)N1CC2COCC(C1)C2OC(=O)NC(c1ccccc1)c1cccc(OCc2ccc(C(=O)OCc3cccc(CNC[C@H](O[Si](C)(C)C(C)(C)C)c4ccc(O)c5[nH]c(=O)ccc45)c3)cc2)c1. The maximum absolute atomic E-state index is 13.7. The molecule has 2 aliphatic heterocycles. The number of fused-ring (bicyclic) bond motifs is 3. The van der Waals surface area contributed by atoms with Gasteiger partial charge >= 0.3 is 18.2 Å². The van der Waals surface area contributed by atoms with E-state index < -0.39 is 38.1 Å². The maximum atomic E-state index is 13.7. The zero-order chi connectivity index (χ0) is 53.5. The molecule has 4 N–H and O–H groups in total. The number of benzene rings is 5. The number of alkyl carbamates (subject to hydrolysis) is 1. The summed E-state index contributed by atoms with van der Waals surface area (Å²) in [4.78, 5) is 56.5. The van der Waals surface area contributed by atoms with Crippen molar-refractivity contribution in [3.05, 3.63) is 177 Å². The number of pyridine rings is 1. The Bertz CT molecular complexity index is 2990. The number of hydrogen-bond acceptors (Lipinski definition) is 12. The summed E-state index contributed by atoms with van der Waals surface area (Å²) < 4.78 is 36.6. The van der Waals surface area contributed by atoms with Gasteiger partial charge in [0.05, 0.1) is 36.4 Å². The zero-order valence-electron chi connectivity index (χ0n) is 44.1. The van der Waals surface area contributed by atoms with E-state index in [1.165, 1.54) is 6.07 Å². The van der Waals surface area contributed by atoms with Gasteiger partial charge in [-0.1, -0.05) is 106 Å². The van der Waals surface area contributed by atoms with Crippen LogP contribution in [-0.2, 0) is 43.1 Å². The van der Waals surface area contributed by atoms with Gasteiger partial charge in [-0.05, 0) is 109 Å². The highest BCUT2D eigenvalue weighted by Gasteiger charge is 2.45. The lowest BCUT2D eigenvalue weighted by Gasteiger charge is -2.46. The van der Waals surface area contributed by atoms with Crippen molar-refractivity contribution in [1.82, 2.24) is 20.5 Å². The van der Waals surface area contributed by atoms with Crippen LogP contribution in [0.15, 0.2) is 132 Å². The number of rotatable bonds is 17. The zero-order valence-corrected chi connectivity index (χ0v) is 45.1. The lowest BCUT2D eigenvalue weighted by molar-refractivity contribution is -0.124. The molecule has 3 heterocycles. The third-order valence-corrected chi connectivity index (χ3v) is 18.6. The number of aromatic amines is 1. The summed E-state index contributed by atoms with van der Waals surface area (Å²) in [5.74, 6) is -0.249. The second kappa shape index (κ2) is 23.3. The fourth-order valence-electron chi connectivity index (χ4n) is 9.23. The van der Waals surface area contributed by atoms with Gasteiger partial charge in [-0.15, -0.1) is 0 Å². The van der Waals surface area contributed by atoms with Crippen LogP contribution in [0.4, 0.5) is 9.59 Å². The lowest BCUT2D eigenvalue weighted by Crippen LogP contribution is -2.59. The average molecular weight is 1040 g/mol. The van der Waals surface area contributed by atoms with E-state index in [9.17, 15) is 24.3 Å². The van der Waals surface area contributed by atoms with Gasteiger partial charge in [0.15, 0.2) is 8.32 Å². The predicted molar refractivity (Wildman–Crippen MR) is 289 cm³/mol. The van der Waals surface area contributed by atoms with Crippen molar-refractivity contribution in [2.24, 2.45) is 11.8 Å². The van der Waals surface area contributed by atoms with Crippen LogP contribution in [0.5, 0.6) is 11.5 Å². The number of hydrogen-bond donors (Lipinski definition) is 4. The molecule has 396 valence electrons. The highest BCUT2D eigenvalue weighted by Crippen LogP contribution is 2.41. The standard InChI is InChI=1S/C59H70N4O11Si/c1-58(2,3)73-57(68)63-32-44-36-69-37-45(33-63)54(44)72-56(67)62-52(41-16-10-9-11-17-41)43-18-13-19-46(29-43)70-34-38-20-22-42(23-21-38)55(66)71-35-40-15-12-14-39(28-40)30-60-31-50(74-75(7,8)59(4,5)6)47-24-26-49(64)53-48(47)25-27-51(65)61-53/h9-29,44-45,50,52,54,60,64H,30-37H2,1-8H3,(H,61,65)(H,62,67)/t44?,45?,50-,52?,54?/m0/s1. The quantitative estimate of drug-likeness (QED) is 0.0385. The third-order valence-electron chi connectivity index (χ3n) is 14.1. The number of piperidine rings is 1. The minimum atomic E-state index is -2.26. The van der Waals surface area contributed by atoms with Gasteiger partial charge in [0.25, 0.3) is 0 Å². The largest absolute Gasteiger partial charge is 0.506 e. The molecule has 0 saturated carbocycles. The summed E-state index contributed by atoms with van der Waals surface area (Å²) in [6.07, 6.45) is -1.74. The molecule has 2 aliphatic rings. The van der Waals surface area contributed by atoms with Crippen molar-refractivity contribution in [1.29, 1.82) is 0 Å². The van der Waals surface area contributed by atoms with Crippen LogP contribution in [0.25, 0.3) is 10.9 Å². The number of carbonyl (C=O) groups is 3. The number of phenols is 1. The normalized spacial score (nSPS) is 17.7.